The van der Waals surface area contributed by atoms with E-state index in [1.807, 2.05) is 0 Å². The average Bonchev–Trinajstić information content (AvgIpc) is 2.55. The molecule has 1 atom stereocenters. The molecule has 0 aliphatic carbocycles. The number of amides is 1. The standard InChI is InChI=1S/C10H16F3NO4S/c11-10(12,13)7-14(2-3-15)9(16)5-8-1-4-19(17,18)6-8/h8,15H,1-7H2. The lowest BCUT2D eigenvalue weighted by Gasteiger charge is -2.24. The fraction of sp³-hybridized carbons (Fsp3) is 0.900. The van der Waals surface area contributed by atoms with Crippen LogP contribution in [0.15, 0.2) is 0 Å². The van der Waals surface area contributed by atoms with Gasteiger partial charge in [0.1, 0.15) is 6.54 Å². The smallest absolute Gasteiger partial charge is 0.395 e. The van der Waals surface area contributed by atoms with Crippen LogP contribution in [0, 0.1) is 5.92 Å². The van der Waals surface area contributed by atoms with Gasteiger partial charge in [0.25, 0.3) is 0 Å². The minimum atomic E-state index is -4.54. The second kappa shape index (κ2) is 6.08. The van der Waals surface area contributed by atoms with Crippen molar-refractivity contribution in [1.29, 1.82) is 0 Å². The zero-order valence-electron chi connectivity index (χ0n) is 10.2. The number of carbonyl (C=O) groups is 1. The molecule has 9 heteroatoms. The summed E-state index contributed by atoms with van der Waals surface area (Å²) in [5.74, 6) is -1.37. The Morgan fingerprint density at radius 1 is 1.37 bits per heavy atom. The number of hydrogen-bond donors (Lipinski definition) is 1. The Morgan fingerprint density at radius 3 is 2.42 bits per heavy atom. The van der Waals surface area contributed by atoms with E-state index in [4.69, 9.17) is 5.11 Å². The van der Waals surface area contributed by atoms with Crippen LogP contribution in [0.25, 0.3) is 0 Å². The van der Waals surface area contributed by atoms with E-state index < -0.39 is 47.5 Å². The molecule has 1 heterocycles. The summed E-state index contributed by atoms with van der Waals surface area (Å²) in [4.78, 5) is 12.2. The van der Waals surface area contributed by atoms with Gasteiger partial charge in [-0.05, 0) is 12.3 Å². The summed E-state index contributed by atoms with van der Waals surface area (Å²) in [7, 11) is -3.16. The van der Waals surface area contributed by atoms with Crippen LogP contribution < -0.4 is 0 Å². The lowest BCUT2D eigenvalue weighted by atomic mass is 10.0. The third-order valence-electron chi connectivity index (χ3n) is 2.88. The summed E-state index contributed by atoms with van der Waals surface area (Å²) in [5.41, 5.74) is 0. The minimum Gasteiger partial charge on any atom is -0.395 e. The van der Waals surface area contributed by atoms with E-state index >= 15 is 0 Å². The van der Waals surface area contributed by atoms with Crippen molar-refractivity contribution >= 4 is 15.7 Å². The van der Waals surface area contributed by atoms with E-state index in [0.29, 0.717) is 11.3 Å². The van der Waals surface area contributed by atoms with Gasteiger partial charge in [0, 0.05) is 13.0 Å². The van der Waals surface area contributed by atoms with Crippen LogP contribution in [-0.4, -0.2) is 61.7 Å². The zero-order chi connectivity index (χ0) is 14.7. The monoisotopic (exact) mass is 303 g/mol. The topological polar surface area (TPSA) is 74.7 Å². The molecule has 1 rings (SSSR count). The fourth-order valence-electron chi connectivity index (χ4n) is 2.04. The first-order valence-corrected chi connectivity index (χ1v) is 7.61. The van der Waals surface area contributed by atoms with Crippen LogP contribution in [0.2, 0.25) is 0 Å². The quantitative estimate of drug-likeness (QED) is 0.787. The third-order valence-corrected chi connectivity index (χ3v) is 4.72. The number of rotatable bonds is 5. The average molecular weight is 303 g/mol. The summed E-state index contributed by atoms with van der Waals surface area (Å²) in [5, 5.41) is 8.67. The maximum Gasteiger partial charge on any atom is 0.406 e. The molecule has 0 bridgehead atoms. The molecule has 1 unspecified atom stereocenters. The van der Waals surface area contributed by atoms with Gasteiger partial charge in [-0.3, -0.25) is 4.79 Å². The second-order valence-corrected chi connectivity index (χ2v) is 6.86. The summed E-state index contributed by atoms with van der Waals surface area (Å²) in [6.07, 6.45) is -4.46. The molecule has 1 aliphatic heterocycles. The first kappa shape index (κ1) is 16.2. The van der Waals surface area contributed by atoms with Gasteiger partial charge >= 0.3 is 6.18 Å². The predicted molar refractivity (Wildman–Crippen MR) is 61.1 cm³/mol. The summed E-state index contributed by atoms with van der Waals surface area (Å²) < 4.78 is 59.2. The highest BCUT2D eigenvalue weighted by Crippen LogP contribution is 2.23. The van der Waals surface area contributed by atoms with Gasteiger partial charge in [-0.1, -0.05) is 0 Å². The van der Waals surface area contributed by atoms with E-state index in [1.165, 1.54) is 0 Å². The molecule has 0 saturated carbocycles. The van der Waals surface area contributed by atoms with Gasteiger partial charge in [0.15, 0.2) is 9.84 Å². The molecule has 0 aromatic carbocycles. The number of carbonyl (C=O) groups excluding carboxylic acids is 1. The number of nitrogens with zero attached hydrogens (tertiary/aromatic N) is 1. The summed E-state index contributed by atoms with van der Waals surface area (Å²) in [6, 6.07) is 0. The highest BCUT2D eigenvalue weighted by molar-refractivity contribution is 7.91. The molecule has 0 spiro atoms. The van der Waals surface area contributed by atoms with Crippen LogP contribution in [0.1, 0.15) is 12.8 Å². The SMILES string of the molecule is O=C(CC1CCS(=O)(=O)C1)N(CCO)CC(F)(F)F. The van der Waals surface area contributed by atoms with Crippen LogP contribution >= 0.6 is 0 Å². The van der Waals surface area contributed by atoms with E-state index in [-0.39, 0.29) is 17.9 Å². The second-order valence-electron chi connectivity index (χ2n) is 4.63. The molecule has 0 radical (unpaired) electrons. The largest absolute Gasteiger partial charge is 0.406 e. The normalized spacial score (nSPS) is 22.4. The van der Waals surface area contributed by atoms with E-state index in [2.05, 4.69) is 0 Å². The molecule has 1 fully saturated rings. The van der Waals surface area contributed by atoms with Crippen molar-refractivity contribution in [3.8, 4) is 0 Å². The lowest BCUT2D eigenvalue weighted by Crippen LogP contribution is -2.41. The van der Waals surface area contributed by atoms with E-state index in [1.54, 1.807) is 0 Å². The Balaban J connectivity index is 2.58. The molecular formula is C10H16F3NO4S. The highest BCUT2D eigenvalue weighted by atomic mass is 32.2. The minimum absolute atomic E-state index is 0.0236. The molecule has 1 N–H and O–H groups in total. The Labute approximate surface area is 109 Å². The molecule has 5 nitrogen and oxygen atoms in total. The number of hydrogen-bond acceptors (Lipinski definition) is 4. The van der Waals surface area contributed by atoms with Crippen LogP contribution in [0.4, 0.5) is 13.2 Å². The van der Waals surface area contributed by atoms with Gasteiger partial charge in [-0.2, -0.15) is 13.2 Å². The third kappa shape index (κ3) is 5.77. The number of aliphatic hydroxyl groups excluding tert-OH is 1. The van der Waals surface area contributed by atoms with Gasteiger partial charge in [0.05, 0.1) is 18.1 Å². The summed E-state index contributed by atoms with van der Waals surface area (Å²) >= 11 is 0. The molecule has 0 aromatic heterocycles. The first-order chi connectivity index (χ1) is 8.63. The Bertz CT molecular complexity index is 421. The lowest BCUT2D eigenvalue weighted by molar-refractivity contribution is -0.162. The molecule has 19 heavy (non-hydrogen) atoms. The predicted octanol–water partition coefficient (Wildman–Crippen LogP) is 0.194. The first-order valence-electron chi connectivity index (χ1n) is 5.79. The molecule has 112 valence electrons. The van der Waals surface area contributed by atoms with Gasteiger partial charge in [0.2, 0.25) is 5.91 Å². The summed E-state index contributed by atoms with van der Waals surface area (Å²) in [6.45, 7) is -2.39. The maximum atomic E-state index is 12.3. The van der Waals surface area contributed by atoms with Gasteiger partial charge in [-0.15, -0.1) is 0 Å². The Hall–Kier alpha value is -0.830. The van der Waals surface area contributed by atoms with Crippen LogP contribution in [0.5, 0.6) is 0 Å². The van der Waals surface area contributed by atoms with E-state index in [9.17, 15) is 26.4 Å². The van der Waals surface area contributed by atoms with Gasteiger partial charge < -0.3 is 10.0 Å². The molecular weight excluding hydrogens is 287 g/mol. The van der Waals surface area contributed by atoms with Crippen LogP contribution in [-0.2, 0) is 14.6 Å². The molecule has 1 amide bonds. The molecule has 0 aromatic rings. The van der Waals surface area contributed by atoms with Crippen molar-refractivity contribution in [2.75, 3.05) is 31.2 Å². The molecule has 1 aliphatic rings. The maximum absolute atomic E-state index is 12.3. The van der Waals surface area contributed by atoms with Crippen molar-refractivity contribution < 1.29 is 31.5 Å². The number of aliphatic hydroxyl groups is 1. The Morgan fingerprint density at radius 2 is 2.00 bits per heavy atom. The number of sulfone groups is 1. The zero-order valence-corrected chi connectivity index (χ0v) is 11.0. The van der Waals surface area contributed by atoms with Crippen molar-refractivity contribution in [3.63, 3.8) is 0 Å². The fourth-order valence-corrected chi connectivity index (χ4v) is 3.90. The van der Waals surface area contributed by atoms with Crippen molar-refractivity contribution in [3.05, 3.63) is 0 Å². The Kier molecular flexibility index (Phi) is 5.19. The van der Waals surface area contributed by atoms with Crippen molar-refractivity contribution in [1.82, 2.24) is 4.90 Å². The van der Waals surface area contributed by atoms with Crippen LogP contribution in [0.3, 0.4) is 0 Å². The van der Waals surface area contributed by atoms with Crippen molar-refractivity contribution in [2.24, 2.45) is 5.92 Å². The molecule has 1 saturated heterocycles. The van der Waals surface area contributed by atoms with E-state index in [0.717, 1.165) is 0 Å². The van der Waals surface area contributed by atoms with Crippen molar-refractivity contribution in [2.45, 2.75) is 19.0 Å². The van der Waals surface area contributed by atoms with Gasteiger partial charge in [-0.25, -0.2) is 8.42 Å². The highest BCUT2D eigenvalue weighted by Gasteiger charge is 2.35. The number of halogens is 3. The number of alkyl halides is 3.